The Morgan fingerprint density at radius 1 is 1.03 bits per heavy atom. The van der Waals surface area contributed by atoms with Gasteiger partial charge in [0.1, 0.15) is 5.82 Å². The molecule has 0 radical (unpaired) electrons. The van der Waals surface area contributed by atoms with Crippen molar-refractivity contribution < 1.29 is 17.6 Å². The molecule has 1 heterocycles. The zero-order valence-corrected chi connectivity index (χ0v) is 18.6. The molecule has 1 fully saturated rings. The van der Waals surface area contributed by atoms with Gasteiger partial charge in [-0.3, -0.25) is 4.79 Å². The first-order chi connectivity index (χ1) is 14.1. The van der Waals surface area contributed by atoms with E-state index in [1.54, 1.807) is 43.9 Å². The summed E-state index contributed by atoms with van der Waals surface area (Å²) in [5, 5.41) is 0. The fraction of sp³-hybridized carbons (Fsp3) is 0.409. The molecular formula is C22H28FN3O3S. The van der Waals surface area contributed by atoms with Gasteiger partial charge < -0.3 is 9.80 Å². The van der Waals surface area contributed by atoms with Gasteiger partial charge >= 0.3 is 0 Å². The number of hydrogen-bond donors (Lipinski definition) is 1. The van der Waals surface area contributed by atoms with Gasteiger partial charge in [-0.1, -0.05) is 29.8 Å². The molecule has 1 N–H and O–H groups in total. The van der Waals surface area contributed by atoms with Gasteiger partial charge in [-0.15, -0.1) is 0 Å². The predicted octanol–water partition coefficient (Wildman–Crippen LogP) is 2.77. The highest BCUT2D eigenvalue weighted by Gasteiger charge is 2.30. The minimum Gasteiger partial charge on any atom is -0.366 e. The third-order valence-corrected chi connectivity index (χ3v) is 7.21. The molecule has 3 rings (SSSR count). The summed E-state index contributed by atoms with van der Waals surface area (Å²) >= 11 is 0. The smallest absolute Gasteiger partial charge is 0.241 e. The van der Waals surface area contributed by atoms with E-state index in [-0.39, 0.29) is 16.6 Å². The number of halogens is 1. The van der Waals surface area contributed by atoms with Crippen LogP contribution in [0.3, 0.4) is 0 Å². The summed E-state index contributed by atoms with van der Waals surface area (Å²) in [6.07, 6.45) is 0. The number of carbonyl (C=O) groups is 1. The van der Waals surface area contributed by atoms with Crippen molar-refractivity contribution in [2.24, 2.45) is 0 Å². The first kappa shape index (κ1) is 22.2. The Morgan fingerprint density at radius 3 is 2.17 bits per heavy atom. The number of nitrogens with one attached hydrogen (secondary N) is 1. The third kappa shape index (κ3) is 4.65. The first-order valence-electron chi connectivity index (χ1n) is 9.98. The van der Waals surface area contributed by atoms with Crippen LogP contribution in [-0.4, -0.2) is 51.4 Å². The molecule has 1 unspecified atom stereocenters. The number of amides is 1. The van der Waals surface area contributed by atoms with Crippen molar-refractivity contribution >= 4 is 21.6 Å². The molecular weight excluding hydrogens is 405 g/mol. The summed E-state index contributed by atoms with van der Waals surface area (Å²) in [5.74, 6) is -0.573. The molecule has 0 bridgehead atoms. The van der Waals surface area contributed by atoms with Gasteiger partial charge in [0.15, 0.2) is 0 Å². The topological polar surface area (TPSA) is 69.7 Å². The monoisotopic (exact) mass is 433 g/mol. The van der Waals surface area contributed by atoms with E-state index in [9.17, 15) is 17.6 Å². The zero-order valence-electron chi connectivity index (χ0n) is 17.8. The number of anilines is 1. The van der Waals surface area contributed by atoms with E-state index < -0.39 is 16.1 Å². The second-order valence-corrected chi connectivity index (χ2v) is 9.49. The molecule has 0 saturated carbocycles. The molecule has 2 aromatic carbocycles. The van der Waals surface area contributed by atoms with Crippen LogP contribution < -0.4 is 9.62 Å². The second kappa shape index (κ2) is 8.73. The highest BCUT2D eigenvalue weighted by Crippen LogP contribution is 2.23. The van der Waals surface area contributed by atoms with Crippen LogP contribution in [0.5, 0.6) is 0 Å². The molecule has 1 aliphatic heterocycles. The molecule has 2 aromatic rings. The number of sulfonamides is 1. The SMILES string of the molecule is Cc1cc(C)c(S(=O)(=O)NC(C)C(=O)N2CCN(c3ccccc3F)CC2)c(C)c1. The first-order valence-corrected chi connectivity index (χ1v) is 11.5. The van der Waals surface area contributed by atoms with Crippen molar-refractivity contribution in [1.82, 2.24) is 9.62 Å². The Hall–Kier alpha value is -2.45. The largest absolute Gasteiger partial charge is 0.366 e. The molecule has 1 amide bonds. The molecule has 1 atom stereocenters. The lowest BCUT2D eigenvalue weighted by Crippen LogP contribution is -2.54. The minimum atomic E-state index is -3.84. The highest BCUT2D eigenvalue weighted by molar-refractivity contribution is 7.89. The lowest BCUT2D eigenvalue weighted by Gasteiger charge is -2.37. The lowest BCUT2D eigenvalue weighted by molar-refractivity contribution is -0.132. The quantitative estimate of drug-likeness (QED) is 0.787. The maximum Gasteiger partial charge on any atom is 0.241 e. The molecule has 0 spiro atoms. The summed E-state index contributed by atoms with van der Waals surface area (Å²) < 4.78 is 42.4. The van der Waals surface area contributed by atoms with Gasteiger partial charge in [0.05, 0.1) is 16.6 Å². The van der Waals surface area contributed by atoms with E-state index in [2.05, 4.69) is 4.72 Å². The standard InChI is InChI=1S/C22H28FN3O3S/c1-15-13-16(2)21(17(3)14-15)30(28,29)24-18(4)22(27)26-11-9-25(10-12-26)20-8-6-5-7-19(20)23/h5-8,13-14,18,24H,9-12H2,1-4H3. The summed E-state index contributed by atoms with van der Waals surface area (Å²) in [6, 6.07) is 9.29. The van der Waals surface area contributed by atoms with E-state index in [4.69, 9.17) is 0 Å². The Morgan fingerprint density at radius 2 is 1.60 bits per heavy atom. The number of carbonyl (C=O) groups excluding carboxylic acids is 1. The third-order valence-electron chi connectivity index (χ3n) is 5.36. The number of rotatable bonds is 5. The molecule has 162 valence electrons. The highest BCUT2D eigenvalue weighted by atomic mass is 32.2. The van der Waals surface area contributed by atoms with Crippen LogP contribution in [0.2, 0.25) is 0 Å². The second-order valence-electron chi connectivity index (χ2n) is 7.83. The average molecular weight is 434 g/mol. The van der Waals surface area contributed by atoms with Crippen LogP contribution >= 0.6 is 0 Å². The van der Waals surface area contributed by atoms with E-state index >= 15 is 0 Å². The molecule has 6 nitrogen and oxygen atoms in total. The summed E-state index contributed by atoms with van der Waals surface area (Å²) in [7, 11) is -3.84. The number of benzene rings is 2. The summed E-state index contributed by atoms with van der Waals surface area (Å²) in [6.45, 7) is 8.76. The van der Waals surface area contributed by atoms with Crippen molar-refractivity contribution in [3.8, 4) is 0 Å². The molecule has 30 heavy (non-hydrogen) atoms. The molecule has 0 aliphatic carbocycles. The van der Waals surface area contributed by atoms with Crippen LogP contribution in [0.25, 0.3) is 0 Å². The Kier molecular flexibility index (Phi) is 6.47. The van der Waals surface area contributed by atoms with E-state index in [1.807, 2.05) is 24.0 Å². The normalized spacial score (nSPS) is 15.9. The molecule has 0 aromatic heterocycles. The average Bonchev–Trinajstić information content (AvgIpc) is 2.66. The van der Waals surface area contributed by atoms with Crippen LogP contribution in [0.4, 0.5) is 10.1 Å². The van der Waals surface area contributed by atoms with Crippen molar-refractivity contribution in [1.29, 1.82) is 0 Å². The van der Waals surface area contributed by atoms with Crippen molar-refractivity contribution in [3.63, 3.8) is 0 Å². The number of piperazine rings is 1. The van der Waals surface area contributed by atoms with Crippen LogP contribution in [-0.2, 0) is 14.8 Å². The van der Waals surface area contributed by atoms with Gasteiger partial charge in [0.2, 0.25) is 15.9 Å². The van der Waals surface area contributed by atoms with Gasteiger partial charge in [0, 0.05) is 26.2 Å². The van der Waals surface area contributed by atoms with E-state index in [1.165, 1.54) is 6.07 Å². The van der Waals surface area contributed by atoms with E-state index in [0.29, 0.717) is 43.0 Å². The Bertz CT molecular complexity index is 1020. The number of hydrogen-bond acceptors (Lipinski definition) is 4. The maximum atomic E-state index is 14.0. The van der Waals surface area contributed by atoms with Gasteiger partial charge in [-0.25, -0.2) is 12.8 Å². The van der Waals surface area contributed by atoms with Crippen molar-refractivity contribution in [2.45, 2.75) is 38.6 Å². The van der Waals surface area contributed by atoms with E-state index in [0.717, 1.165) is 5.56 Å². The minimum absolute atomic E-state index is 0.220. The van der Waals surface area contributed by atoms with Crippen LogP contribution in [0, 0.1) is 26.6 Å². The van der Waals surface area contributed by atoms with Crippen LogP contribution in [0.15, 0.2) is 41.3 Å². The fourth-order valence-corrected chi connectivity index (χ4v) is 5.73. The number of nitrogens with zero attached hydrogens (tertiary/aromatic N) is 2. The molecule has 1 saturated heterocycles. The summed E-state index contributed by atoms with van der Waals surface area (Å²) in [5.41, 5.74) is 2.81. The van der Waals surface area contributed by atoms with Gasteiger partial charge in [0.25, 0.3) is 0 Å². The van der Waals surface area contributed by atoms with Gasteiger partial charge in [-0.2, -0.15) is 4.72 Å². The van der Waals surface area contributed by atoms with Crippen molar-refractivity contribution in [2.75, 3.05) is 31.1 Å². The van der Waals surface area contributed by atoms with Crippen molar-refractivity contribution in [3.05, 3.63) is 58.9 Å². The number of aryl methyl sites for hydroxylation is 3. The Labute approximate surface area is 177 Å². The maximum absolute atomic E-state index is 14.0. The molecule has 8 heteroatoms. The lowest BCUT2D eigenvalue weighted by atomic mass is 10.1. The van der Waals surface area contributed by atoms with Crippen LogP contribution in [0.1, 0.15) is 23.6 Å². The Balaban J connectivity index is 1.66. The predicted molar refractivity (Wildman–Crippen MR) is 116 cm³/mol. The number of para-hydroxylation sites is 1. The summed E-state index contributed by atoms with van der Waals surface area (Å²) in [4.78, 5) is 16.6. The molecule has 1 aliphatic rings. The zero-order chi connectivity index (χ0) is 22.1. The van der Waals surface area contributed by atoms with Gasteiger partial charge in [-0.05, 0) is 51.0 Å². The fourth-order valence-electron chi connectivity index (χ4n) is 4.08.